The second-order valence-electron chi connectivity index (χ2n) is 5.63. The average Bonchev–Trinajstić information content (AvgIpc) is 2.24. The predicted molar refractivity (Wildman–Crippen MR) is 69.8 cm³/mol. The highest BCUT2D eigenvalue weighted by Crippen LogP contribution is 2.29. The summed E-state index contributed by atoms with van der Waals surface area (Å²) in [7, 11) is 0. The van der Waals surface area contributed by atoms with Crippen molar-refractivity contribution in [3.05, 3.63) is 29.6 Å². The summed E-state index contributed by atoms with van der Waals surface area (Å²) in [5.74, 6) is -0.153. The van der Waals surface area contributed by atoms with Crippen LogP contribution in [0.5, 0.6) is 0 Å². The monoisotopic (exact) mass is 236 g/mol. The molecule has 0 radical (unpaired) electrons. The number of anilines is 1. The summed E-state index contributed by atoms with van der Waals surface area (Å²) in [6.07, 6.45) is 1.03. The molecule has 1 aliphatic rings. The zero-order valence-corrected chi connectivity index (χ0v) is 10.8. The smallest absolute Gasteiger partial charge is 0.146 e. The lowest BCUT2D eigenvalue weighted by atomic mass is 9.80. The van der Waals surface area contributed by atoms with Gasteiger partial charge in [-0.15, -0.1) is 0 Å². The number of aryl methyl sites for hydroxylation is 1. The molecule has 3 heteroatoms. The molecule has 1 aromatic carbocycles. The Balaban J connectivity index is 2.14. The molecule has 1 fully saturated rings. The van der Waals surface area contributed by atoms with E-state index in [0.29, 0.717) is 11.7 Å². The van der Waals surface area contributed by atoms with Gasteiger partial charge in [0.25, 0.3) is 0 Å². The molecule has 1 saturated heterocycles. The third-order valence-corrected chi connectivity index (χ3v) is 3.59. The Morgan fingerprint density at radius 1 is 1.41 bits per heavy atom. The van der Waals surface area contributed by atoms with Crippen molar-refractivity contribution in [2.45, 2.75) is 33.2 Å². The van der Waals surface area contributed by atoms with Gasteiger partial charge in [-0.05, 0) is 43.0 Å². The van der Waals surface area contributed by atoms with Crippen LogP contribution in [-0.2, 0) is 0 Å². The fourth-order valence-electron chi connectivity index (χ4n) is 2.36. The van der Waals surface area contributed by atoms with Gasteiger partial charge in [0, 0.05) is 12.6 Å². The van der Waals surface area contributed by atoms with Gasteiger partial charge in [0.1, 0.15) is 5.82 Å². The molecule has 0 amide bonds. The molecule has 17 heavy (non-hydrogen) atoms. The van der Waals surface area contributed by atoms with Gasteiger partial charge in [-0.25, -0.2) is 4.39 Å². The van der Waals surface area contributed by atoms with E-state index in [1.165, 1.54) is 0 Å². The van der Waals surface area contributed by atoms with E-state index in [1.807, 2.05) is 19.1 Å². The van der Waals surface area contributed by atoms with E-state index < -0.39 is 0 Å². The molecule has 1 unspecified atom stereocenters. The summed E-state index contributed by atoms with van der Waals surface area (Å²) in [6, 6.07) is 5.68. The molecule has 1 heterocycles. The number of piperidine rings is 1. The van der Waals surface area contributed by atoms with Crippen LogP contribution in [0.15, 0.2) is 18.2 Å². The van der Waals surface area contributed by atoms with Gasteiger partial charge in [-0.2, -0.15) is 0 Å². The normalized spacial score (nSPS) is 23.4. The van der Waals surface area contributed by atoms with Gasteiger partial charge in [0.05, 0.1) is 5.69 Å². The summed E-state index contributed by atoms with van der Waals surface area (Å²) in [5, 5.41) is 6.73. The van der Waals surface area contributed by atoms with Crippen molar-refractivity contribution in [1.29, 1.82) is 0 Å². The molecule has 2 rings (SSSR count). The Morgan fingerprint density at radius 2 is 2.18 bits per heavy atom. The first-order valence-corrected chi connectivity index (χ1v) is 6.22. The van der Waals surface area contributed by atoms with Gasteiger partial charge < -0.3 is 10.6 Å². The summed E-state index contributed by atoms with van der Waals surface area (Å²) in [6.45, 7) is 8.29. The summed E-state index contributed by atoms with van der Waals surface area (Å²) in [5.41, 5.74) is 1.73. The zero-order valence-electron chi connectivity index (χ0n) is 10.8. The largest absolute Gasteiger partial charge is 0.379 e. The van der Waals surface area contributed by atoms with E-state index >= 15 is 0 Å². The second-order valence-corrected chi connectivity index (χ2v) is 5.63. The van der Waals surface area contributed by atoms with Crippen LogP contribution in [0.3, 0.4) is 0 Å². The minimum Gasteiger partial charge on any atom is -0.379 e. The van der Waals surface area contributed by atoms with E-state index in [2.05, 4.69) is 24.5 Å². The predicted octanol–water partition coefficient (Wildman–Crippen LogP) is 2.93. The van der Waals surface area contributed by atoms with Crippen molar-refractivity contribution in [1.82, 2.24) is 5.32 Å². The first-order chi connectivity index (χ1) is 7.99. The SMILES string of the molecule is Cc1ccc(NC2CCNCC2(C)C)c(F)c1. The summed E-state index contributed by atoms with van der Waals surface area (Å²) < 4.78 is 13.8. The standard InChI is InChI=1S/C14H21FN2/c1-10-4-5-12(11(15)8-10)17-13-6-7-16-9-14(13,2)3/h4-5,8,13,16-17H,6-7,9H2,1-3H3. The minimum atomic E-state index is -0.153. The maximum Gasteiger partial charge on any atom is 0.146 e. The number of rotatable bonds is 2. The molecular weight excluding hydrogens is 215 g/mol. The zero-order chi connectivity index (χ0) is 12.5. The van der Waals surface area contributed by atoms with Crippen LogP contribution >= 0.6 is 0 Å². The number of benzene rings is 1. The first-order valence-electron chi connectivity index (χ1n) is 6.22. The lowest BCUT2D eigenvalue weighted by Crippen LogP contribution is -2.49. The van der Waals surface area contributed by atoms with Crippen LogP contribution in [0.25, 0.3) is 0 Å². The minimum absolute atomic E-state index is 0.148. The quantitative estimate of drug-likeness (QED) is 0.825. The topological polar surface area (TPSA) is 24.1 Å². The lowest BCUT2D eigenvalue weighted by Gasteiger charge is -2.40. The van der Waals surface area contributed by atoms with E-state index in [4.69, 9.17) is 0 Å². The maximum atomic E-state index is 13.8. The molecule has 94 valence electrons. The summed E-state index contributed by atoms with van der Waals surface area (Å²) in [4.78, 5) is 0. The Morgan fingerprint density at radius 3 is 2.82 bits per heavy atom. The van der Waals surface area contributed by atoms with Gasteiger partial charge in [-0.3, -0.25) is 0 Å². The molecule has 2 nitrogen and oxygen atoms in total. The van der Waals surface area contributed by atoms with Crippen molar-refractivity contribution in [2.75, 3.05) is 18.4 Å². The lowest BCUT2D eigenvalue weighted by molar-refractivity contribution is 0.236. The third-order valence-electron chi connectivity index (χ3n) is 3.59. The van der Waals surface area contributed by atoms with Gasteiger partial charge >= 0.3 is 0 Å². The van der Waals surface area contributed by atoms with Gasteiger partial charge in [-0.1, -0.05) is 19.9 Å². The second kappa shape index (κ2) is 4.65. The van der Waals surface area contributed by atoms with Crippen LogP contribution in [0.4, 0.5) is 10.1 Å². The van der Waals surface area contributed by atoms with E-state index in [9.17, 15) is 4.39 Å². The van der Waals surface area contributed by atoms with Crippen molar-refractivity contribution in [3.8, 4) is 0 Å². The Hall–Kier alpha value is -1.09. The molecule has 0 saturated carbocycles. The van der Waals surface area contributed by atoms with Crippen LogP contribution in [0, 0.1) is 18.2 Å². The molecule has 2 N–H and O–H groups in total. The fourth-order valence-corrected chi connectivity index (χ4v) is 2.36. The average molecular weight is 236 g/mol. The summed E-state index contributed by atoms with van der Waals surface area (Å²) >= 11 is 0. The molecule has 1 aliphatic heterocycles. The molecule has 0 spiro atoms. The first kappa shape index (κ1) is 12.4. The van der Waals surface area contributed by atoms with Crippen molar-refractivity contribution < 1.29 is 4.39 Å². The van der Waals surface area contributed by atoms with Crippen LogP contribution in [0.2, 0.25) is 0 Å². The number of halogens is 1. The van der Waals surface area contributed by atoms with Crippen molar-refractivity contribution in [3.63, 3.8) is 0 Å². The van der Waals surface area contributed by atoms with Gasteiger partial charge in [0.15, 0.2) is 0 Å². The molecular formula is C14H21FN2. The van der Waals surface area contributed by atoms with E-state index in [-0.39, 0.29) is 11.2 Å². The molecule has 1 atom stereocenters. The van der Waals surface area contributed by atoms with Crippen molar-refractivity contribution in [2.24, 2.45) is 5.41 Å². The molecule has 1 aromatic rings. The highest BCUT2D eigenvalue weighted by Gasteiger charge is 2.32. The molecule has 0 aliphatic carbocycles. The number of hydrogen-bond donors (Lipinski definition) is 2. The number of hydrogen-bond acceptors (Lipinski definition) is 2. The fraction of sp³-hybridized carbons (Fsp3) is 0.571. The van der Waals surface area contributed by atoms with Crippen LogP contribution in [-0.4, -0.2) is 19.1 Å². The van der Waals surface area contributed by atoms with E-state index in [1.54, 1.807) is 6.07 Å². The van der Waals surface area contributed by atoms with Crippen molar-refractivity contribution >= 4 is 5.69 Å². The Bertz CT molecular complexity index is 401. The third kappa shape index (κ3) is 2.78. The van der Waals surface area contributed by atoms with Crippen LogP contribution in [0.1, 0.15) is 25.8 Å². The molecule has 0 bridgehead atoms. The Labute approximate surface area is 103 Å². The maximum absolute atomic E-state index is 13.8. The highest BCUT2D eigenvalue weighted by molar-refractivity contribution is 5.47. The van der Waals surface area contributed by atoms with Gasteiger partial charge in [0.2, 0.25) is 0 Å². The number of nitrogens with one attached hydrogen (secondary N) is 2. The van der Waals surface area contributed by atoms with Crippen LogP contribution < -0.4 is 10.6 Å². The van der Waals surface area contributed by atoms with E-state index in [0.717, 1.165) is 25.1 Å². The Kier molecular flexibility index (Phi) is 3.38. The highest BCUT2D eigenvalue weighted by atomic mass is 19.1. The molecule has 0 aromatic heterocycles.